The van der Waals surface area contributed by atoms with E-state index in [1.54, 1.807) is 0 Å². The molecule has 0 bridgehead atoms. The smallest absolute Gasteiger partial charge is 0.0610 e. The van der Waals surface area contributed by atoms with E-state index in [1.165, 1.54) is 5.56 Å². The van der Waals surface area contributed by atoms with E-state index in [0.717, 1.165) is 0 Å². The summed E-state index contributed by atoms with van der Waals surface area (Å²) in [6.45, 7) is 6.68. The predicted molar refractivity (Wildman–Crippen MR) is 58.5 cm³/mol. The molecule has 0 heterocycles. The van der Waals surface area contributed by atoms with E-state index >= 15 is 0 Å². The lowest BCUT2D eigenvalue weighted by Gasteiger charge is -2.25. The van der Waals surface area contributed by atoms with Crippen molar-refractivity contribution in [1.82, 2.24) is 0 Å². The molecule has 0 aliphatic rings. The van der Waals surface area contributed by atoms with Crippen LogP contribution < -0.4 is 0 Å². The van der Waals surface area contributed by atoms with Crippen molar-refractivity contribution in [1.29, 1.82) is 0 Å². The Hall–Kier alpha value is -0.273. The molecule has 0 radical (unpaired) electrons. The summed E-state index contributed by atoms with van der Waals surface area (Å²) in [5.41, 5.74) is 1.26. The van der Waals surface area contributed by atoms with Crippen LogP contribution in [0.1, 0.15) is 12.5 Å². The van der Waals surface area contributed by atoms with Crippen molar-refractivity contribution in [3.05, 3.63) is 35.9 Å². The Balaban J connectivity index is 2.98. The molecule has 0 aliphatic carbocycles. The first-order valence-electron chi connectivity index (χ1n) is 4.29. The van der Waals surface area contributed by atoms with Gasteiger partial charge < -0.3 is 0 Å². The van der Waals surface area contributed by atoms with Gasteiger partial charge in [-0.3, -0.25) is 0 Å². The lowest BCUT2D eigenvalue weighted by atomic mass is 10.2. The van der Waals surface area contributed by atoms with Gasteiger partial charge in [0.1, 0.15) is 0 Å². The average Bonchev–Trinajstić information content (AvgIpc) is 2.06. The van der Waals surface area contributed by atoms with E-state index < -0.39 is 8.80 Å². The highest BCUT2D eigenvalue weighted by molar-refractivity contribution is 6.69. The van der Waals surface area contributed by atoms with E-state index in [-0.39, 0.29) is 4.50 Å². The standard InChI is InChI=1S/C10H15ClSi/c1-10(11,12(2)3)9-7-5-4-6-8-9/h4-8,12H,1-3H3. The summed E-state index contributed by atoms with van der Waals surface area (Å²) in [7, 11) is -0.841. The molecule has 2 heteroatoms. The van der Waals surface area contributed by atoms with Gasteiger partial charge in [-0.05, 0) is 12.5 Å². The summed E-state index contributed by atoms with van der Waals surface area (Å²) in [6.07, 6.45) is 0. The van der Waals surface area contributed by atoms with Gasteiger partial charge in [0.15, 0.2) is 0 Å². The molecule has 1 aromatic rings. The second-order valence-electron chi connectivity index (χ2n) is 3.60. The maximum Gasteiger partial charge on any atom is 0.0610 e. The van der Waals surface area contributed by atoms with E-state index in [4.69, 9.17) is 11.6 Å². The Kier molecular flexibility index (Phi) is 2.97. The number of rotatable bonds is 2. The Labute approximate surface area is 81.2 Å². The normalized spacial score (nSPS) is 16.1. The molecule has 12 heavy (non-hydrogen) atoms. The van der Waals surface area contributed by atoms with Crippen LogP contribution in [0.15, 0.2) is 30.3 Å². The minimum absolute atomic E-state index is 0.0960. The molecule has 1 atom stereocenters. The fourth-order valence-corrected chi connectivity index (χ4v) is 2.08. The number of benzene rings is 1. The highest BCUT2D eigenvalue weighted by Crippen LogP contribution is 2.30. The SMILES string of the molecule is C[SiH](C)C(C)(Cl)c1ccccc1. The van der Waals surface area contributed by atoms with Crippen molar-refractivity contribution >= 4 is 20.4 Å². The second-order valence-corrected chi connectivity index (χ2v) is 8.21. The lowest BCUT2D eigenvalue weighted by molar-refractivity contribution is 0.941. The van der Waals surface area contributed by atoms with Crippen LogP contribution in [0.3, 0.4) is 0 Å². The monoisotopic (exact) mass is 198 g/mol. The molecular formula is C10H15ClSi. The number of hydrogen-bond acceptors (Lipinski definition) is 0. The third-order valence-electron chi connectivity index (χ3n) is 2.42. The maximum absolute atomic E-state index is 6.46. The third-order valence-corrected chi connectivity index (χ3v) is 6.45. The molecule has 0 amide bonds. The summed E-state index contributed by atoms with van der Waals surface area (Å²) in [5, 5.41) is 0. The largest absolute Gasteiger partial charge is 0.119 e. The van der Waals surface area contributed by atoms with Gasteiger partial charge in [0.25, 0.3) is 0 Å². The molecule has 0 saturated carbocycles. The first-order chi connectivity index (χ1) is 5.55. The van der Waals surface area contributed by atoms with Crippen LogP contribution in [0.4, 0.5) is 0 Å². The van der Waals surface area contributed by atoms with Crippen LogP contribution in [0.5, 0.6) is 0 Å². The zero-order valence-corrected chi connectivity index (χ0v) is 9.75. The third kappa shape index (κ3) is 1.90. The molecule has 0 aliphatic heterocycles. The molecule has 1 aromatic carbocycles. The quantitative estimate of drug-likeness (QED) is 0.506. The van der Waals surface area contributed by atoms with Crippen molar-refractivity contribution in [3.63, 3.8) is 0 Å². The van der Waals surface area contributed by atoms with Gasteiger partial charge in [-0.2, -0.15) is 0 Å². The molecule has 0 saturated heterocycles. The van der Waals surface area contributed by atoms with Gasteiger partial charge in [0, 0.05) is 0 Å². The molecule has 66 valence electrons. The van der Waals surface area contributed by atoms with Gasteiger partial charge in [0.2, 0.25) is 0 Å². The molecule has 0 spiro atoms. The van der Waals surface area contributed by atoms with Crippen molar-refractivity contribution in [2.75, 3.05) is 0 Å². The van der Waals surface area contributed by atoms with Crippen molar-refractivity contribution in [3.8, 4) is 0 Å². The highest BCUT2D eigenvalue weighted by Gasteiger charge is 2.27. The summed E-state index contributed by atoms with van der Waals surface area (Å²) in [5.74, 6) is 0. The summed E-state index contributed by atoms with van der Waals surface area (Å²) in [6, 6.07) is 10.3. The molecule has 0 nitrogen and oxygen atoms in total. The minimum Gasteiger partial charge on any atom is -0.119 e. The van der Waals surface area contributed by atoms with Crippen LogP contribution in [-0.4, -0.2) is 8.80 Å². The fraction of sp³-hybridized carbons (Fsp3) is 0.400. The fourth-order valence-electron chi connectivity index (χ4n) is 1.10. The molecule has 1 rings (SSSR count). The number of hydrogen-bond donors (Lipinski definition) is 0. The number of halogens is 1. The van der Waals surface area contributed by atoms with Crippen LogP contribution in [0, 0.1) is 0 Å². The van der Waals surface area contributed by atoms with Gasteiger partial charge in [-0.15, -0.1) is 11.6 Å². The lowest BCUT2D eigenvalue weighted by Crippen LogP contribution is -2.29. The molecule has 0 fully saturated rings. The maximum atomic E-state index is 6.46. The van der Waals surface area contributed by atoms with Crippen LogP contribution in [0.25, 0.3) is 0 Å². The zero-order chi connectivity index (χ0) is 9.19. The molecular weight excluding hydrogens is 184 g/mol. The first kappa shape index (κ1) is 9.81. The van der Waals surface area contributed by atoms with Crippen molar-refractivity contribution < 1.29 is 0 Å². The van der Waals surface area contributed by atoms with Gasteiger partial charge in [0.05, 0.1) is 13.3 Å². The first-order valence-corrected chi connectivity index (χ1v) is 7.56. The van der Waals surface area contributed by atoms with Gasteiger partial charge in [-0.1, -0.05) is 43.4 Å². The van der Waals surface area contributed by atoms with Crippen molar-refractivity contribution in [2.45, 2.75) is 24.5 Å². The van der Waals surface area contributed by atoms with E-state index in [0.29, 0.717) is 0 Å². The minimum atomic E-state index is -0.841. The van der Waals surface area contributed by atoms with Gasteiger partial charge >= 0.3 is 0 Å². The van der Waals surface area contributed by atoms with Gasteiger partial charge in [-0.25, -0.2) is 0 Å². The van der Waals surface area contributed by atoms with E-state index in [2.05, 4.69) is 32.2 Å². The van der Waals surface area contributed by atoms with Crippen LogP contribution in [0.2, 0.25) is 13.1 Å². The molecule has 0 N–H and O–H groups in total. The predicted octanol–water partition coefficient (Wildman–Crippen LogP) is 3.17. The molecule has 0 aromatic heterocycles. The Morgan fingerprint density at radius 3 is 2.08 bits per heavy atom. The Morgan fingerprint density at radius 2 is 1.67 bits per heavy atom. The summed E-state index contributed by atoms with van der Waals surface area (Å²) in [4.78, 5) is 0. The van der Waals surface area contributed by atoms with Crippen molar-refractivity contribution in [2.24, 2.45) is 0 Å². The molecule has 1 unspecified atom stereocenters. The Morgan fingerprint density at radius 1 is 1.17 bits per heavy atom. The van der Waals surface area contributed by atoms with E-state index in [1.807, 2.05) is 18.2 Å². The average molecular weight is 199 g/mol. The van der Waals surface area contributed by atoms with Crippen LogP contribution >= 0.6 is 11.6 Å². The Bertz CT molecular complexity index is 241. The number of alkyl halides is 1. The summed E-state index contributed by atoms with van der Waals surface area (Å²) >= 11 is 6.46. The van der Waals surface area contributed by atoms with Crippen LogP contribution in [-0.2, 0) is 4.50 Å². The highest BCUT2D eigenvalue weighted by atomic mass is 35.5. The topological polar surface area (TPSA) is 0 Å². The summed E-state index contributed by atoms with van der Waals surface area (Å²) < 4.78 is -0.0960. The van der Waals surface area contributed by atoms with E-state index in [9.17, 15) is 0 Å². The zero-order valence-electron chi connectivity index (χ0n) is 7.84. The second kappa shape index (κ2) is 3.63.